The summed E-state index contributed by atoms with van der Waals surface area (Å²) in [6.07, 6.45) is 0.749. The molecule has 6 nitrogen and oxygen atoms in total. The summed E-state index contributed by atoms with van der Waals surface area (Å²) in [7, 11) is 1.62. The van der Waals surface area contributed by atoms with Crippen molar-refractivity contribution in [3.8, 4) is 5.75 Å². The topological polar surface area (TPSA) is 76.7 Å². The molecule has 2 aromatic rings. The van der Waals surface area contributed by atoms with Gasteiger partial charge in [-0.25, -0.2) is 0 Å². The van der Waals surface area contributed by atoms with Gasteiger partial charge in [-0.15, -0.1) is 0 Å². The minimum Gasteiger partial charge on any atom is -0.482 e. The van der Waals surface area contributed by atoms with Gasteiger partial charge in [-0.2, -0.15) is 0 Å². The third-order valence-corrected chi connectivity index (χ3v) is 4.28. The van der Waals surface area contributed by atoms with E-state index < -0.39 is 0 Å². The first-order valence-electron chi connectivity index (χ1n) is 8.24. The Kier molecular flexibility index (Phi) is 8.57. The van der Waals surface area contributed by atoms with E-state index in [2.05, 4.69) is 26.6 Å². The van der Waals surface area contributed by atoms with E-state index in [-0.39, 0.29) is 18.4 Å². The summed E-state index contributed by atoms with van der Waals surface area (Å²) in [6.45, 7) is 0.961. The molecule has 0 aliphatic carbocycles. The molecular formula is C19H20BrClN2O4. The highest BCUT2D eigenvalue weighted by molar-refractivity contribution is 9.10. The van der Waals surface area contributed by atoms with E-state index in [1.807, 2.05) is 0 Å². The van der Waals surface area contributed by atoms with Gasteiger partial charge >= 0.3 is 0 Å². The number of hydrogen-bond donors (Lipinski definition) is 2. The molecule has 0 unspecified atom stereocenters. The van der Waals surface area contributed by atoms with Crippen LogP contribution >= 0.6 is 27.5 Å². The van der Waals surface area contributed by atoms with Gasteiger partial charge < -0.3 is 20.1 Å². The van der Waals surface area contributed by atoms with Crippen LogP contribution in [0.1, 0.15) is 16.8 Å². The summed E-state index contributed by atoms with van der Waals surface area (Å²) in [6, 6.07) is 11.8. The van der Waals surface area contributed by atoms with E-state index in [1.165, 1.54) is 0 Å². The van der Waals surface area contributed by atoms with Gasteiger partial charge in [0, 0.05) is 36.0 Å². The van der Waals surface area contributed by atoms with Crippen LogP contribution in [0, 0.1) is 0 Å². The Labute approximate surface area is 171 Å². The predicted octanol–water partition coefficient (Wildman–Crippen LogP) is 3.89. The number of ether oxygens (including phenoxy) is 2. The second-order valence-corrected chi connectivity index (χ2v) is 6.91. The maximum Gasteiger partial charge on any atom is 0.262 e. The minimum atomic E-state index is -0.328. The predicted molar refractivity (Wildman–Crippen MR) is 109 cm³/mol. The van der Waals surface area contributed by atoms with Gasteiger partial charge in [0.15, 0.2) is 6.61 Å². The minimum absolute atomic E-state index is 0.169. The van der Waals surface area contributed by atoms with E-state index in [1.54, 1.807) is 49.6 Å². The second-order valence-electron chi connectivity index (χ2n) is 5.59. The highest BCUT2D eigenvalue weighted by Crippen LogP contribution is 2.27. The van der Waals surface area contributed by atoms with Crippen LogP contribution in [-0.4, -0.2) is 38.7 Å². The maximum atomic E-state index is 12.0. The fraction of sp³-hybridized carbons (Fsp3) is 0.263. The van der Waals surface area contributed by atoms with E-state index in [9.17, 15) is 9.59 Å². The summed E-state index contributed by atoms with van der Waals surface area (Å²) >= 11 is 9.35. The van der Waals surface area contributed by atoms with Crippen LogP contribution in [0.5, 0.6) is 5.75 Å². The largest absolute Gasteiger partial charge is 0.482 e. The van der Waals surface area contributed by atoms with Crippen molar-refractivity contribution < 1.29 is 19.1 Å². The fourth-order valence-electron chi connectivity index (χ4n) is 2.16. The second kappa shape index (κ2) is 10.9. The molecule has 0 aliphatic rings. The van der Waals surface area contributed by atoms with E-state index in [4.69, 9.17) is 21.1 Å². The highest BCUT2D eigenvalue weighted by Gasteiger charge is 2.08. The van der Waals surface area contributed by atoms with Crippen molar-refractivity contribution in [3.05, 3.63) is 57.5 Å². The SMILES string of the molecule is COCCCNC(=O)c1ccc(NC(=O)COc2ccc(Br)cc2Cl)cc1. The Bertz CT molecular complexity index is 784. The first kappa shape index (κ1) is 21.2. The highest BCUT2D eigenvalue weighted by atomic mass is 79.9. The summed E-state index contributed by atoms with van der Waals surface area (Å²) in [4.78, 5) is 24.0. The molecule has 2 aromatic carbocycles. The van der Waals surface area contributed by atoms with Gasteiger partial charge in [0.25, 0.3) is 11.8 Å². The summed E-state index contributed by atoms with van der Waals surface area (Å²) < 4.78 is 11.2. The van der Waals surface area contributed by atoms with Gasteiger partial charge in [-0.05, 0) is 48.9 Å². The summed E-state index contributed by atoms with van der Waals surface area (Å²) in [5.41, 5.74) is 1.09. The number of amides is 2. The number of rotatable bonds is 9. The molecule has 0 spiro atoms. The molecule has 144 valence electrons. The lowest BCUT2D eigenvalue weighted by Crippen LogP contribution is -2.25. The van der Waals surface area contributed by atoms with Crippen molar-refractivity contribution in [1.29, 1.82) is 0 Å². The average molecular weight is 456 g/mol. The van der Waals surface area contributed by atoms with Crippen LogP contribution in [0.4, 0.5) is 5.69 Å². The standard InChI is InChI=1S/C19H20BrClN2O4/c1-26-10-2-9-22-19(25)13-3-6-15(7-4-13)23-18(24)12-27-17-8-5-14(20)11-16(17)21/h3-8,11H,2,9-10,12H2,1H3,(H,22,25)(H,23,24). The molecule has 0 saturated carbocycles. The molecule has 0 atom stereocenters. The maximum absolute atomic E-state index is 12.0. The van der Waals surface area contributed by atoms with Gasteiger partial charge in [-0.1, -0.05) is 27.5 Å². The van der Waals surface area contributed by atoms with Crippen molar-refractivity contribution >= 4 is 45.0 Å². The van der Waals surface area contributed by atoms with E-state index in [0.717, 1.165) is 10.9 Å². The molecule has 0 aliphatic heterocycles. The van der Waals surface area contributed by atoms with Crippen LogP contribution in [0.15, 0.2) is 46.9 Å². The third-order valence-electron chi connectivity index (χ3n) is 3.49. The van der Waals surface area contributed by atoms with Crippen molar-refractivity contribution in [1.82, 2.24) is 5.32 Å². The number of hydrogen-bond acceptors (Lipinski definition) is 4. The molecule has 2 amide bonds. The Morgan fingerprint density at radius 1 is 1.15 bits per heavy atom. The lowest BCUT2D eigenvalue weighted by atomic mass is 10.2. The fourth-order valence-corrected chi connectivity index (χ4v) is 2.89. The lowest BCUT2D eigenvalue weighted by molar-refractivity contribution is -0.118. The summed E-state index contributed by atoms with van der Waals surface area (Å²) in [5.74, 6) is -0.0709. The molecule has 0 aromatic heterocycles. The van der Waals surface area contributed by atoms with E-state index in [0.29, 0.717) is 35.2 Å². The first-order chi connectivity index (χ1) is 13.0. The first-order valence-corrected chi connectivity index (χ1v) is 9.41. The number of nitrogens with one attached hydrogen (secondary N) is 2. The van der Waals surface area contributed by atoms with Crippen LogP contribution in [0.25, 0.3) is 0 Å². The van der Waals surface area contributed by atoms with Crippen molar-refractivity contribution in [2.45, 2.75) is 6.42 Å². The number of methoxy groups -OCH3 is 1. The van der Waals surface area contributed by atoms with Crippen LogP contribution in [0.2, 0.25) is 5.02 Å². The molecule has 8 heteroatoms. The number of halogens is 2. The quantitative estimate of drug-likeness (QED) is 0.563. The van der Waals surface area contributed by atoms with Crippen LogP contribution < -0.4 is 15.4 Å². The monoisotopic (exact) mass is 454 g/mol. The molecule has 0 radical (unpaired) electrons. The third kappa shape index (κ3) is 7.21. The number of benzene rings is 2. The normalized spacial score (nSPS) is 10.3. The lowest BCUT2D eigenvalue weighted by Gasteiger charge is -2.10. The van der Waals surface area contributed by atoms with Gasteiger partial charge in [0.1, 0.15) is 5.75 Å². The molecule has 2 rings (SSSR count). The molecule has 2 N–H and O–H groups in total. The van der Waals surface area contributed by atoms with Crippen molar-refractivity contribution in [2.24, 2.45) is 0 Å². The Morgan fingerprint density at radius 2 is 1.89 bits per heavy atom. The van der Waals surface area contributed by atoms with Crippen LogP contribution in [0.3, 0.4) is 0 Å². The smallest absolute Gasteiger partial charge is 0.262 e. The number of anilines is 1. The van der Waals surface area contributed by atoms with Gasteiger partial charge in [0.05, 0.1) is 5.02 Å². The van der Waals surface area contributed by atoms with Gasteiger partial charge in [-0.3, -0.25) is 9.59 Å². The Balaban J connectivity index is 1.81. The number of carbonyl (C=O) groups is 2. The molecule has 0 saturated heterocycles. The molecular weight excluding hydrogens is 436 g/mol. The van der Waals surface area contributed by atoms with Crippen molar-refractivity contribution in [3.63, 3.8) is 0 Å². The molecule has 0 heterocycles. The zero-order valence-electron chi connectivity index (χ0n) is 14.8. The Hall–Kier alpha value is -2.09. The number of carbonyl (C=O) groups excluding carboxylic acids is 2. The van der Waals surface area contributed by atoms with Crippen molar-refractivity contribution in [2.75, 3.05) is 32.2 Å². The molecule has 0 bridgehead atoms. The summed E-state index contributed by atoms with van der Waals surface area (Å²) in [5, 5.41) is 5.92. The zero-order chi connectivity index (χ0) is 19.6. The van der Waals surface area contributed by atoms with Crippen LogP contribution in [-0.2, 0) is 9.53 Å². The zero-order valence-corrected chi connectivity index (χ0v) is 17.1. The molecule has 0 fully saturated rings. The molecule has 27 heavy (non-hydrogen) atoms. The Morgan fingerprint density at radius 3 is 2.56 bits per heavy atom. The van der Waals surface area contributed by atoms with E-state index >= 15 is 0 Å². The average Bonchev–Trinajstić information content (AvgIpc) is 2.65. The van der Waals surface area contributed by atoms with Gasteiger partial charge in [0.2, 0.25) is 0 Å².